The van der Waals surface area contributed by atoms with Crippen LogP contribution in [0.5, 0.6) is 0 Å². The number of nitrogens with zero attached hydrogens (tertiary/aromatic N) is 4. The highest BCUT2D eigenvalue weighted by molar-refractivity contribution is 5.91. The van der Waals surface area contributed by atoms with E-state index in [-0.39, 0.29) is 6.10 Å². The number of hydrogen-bond acceptors (Lipinski definition) is 7. The van der Waals surface area contributed by atoms with Crippen LogP contribution in [-0.2, 0) is 4.74 Å². The van der Waals surface area contributed by atoms with Gasteiger partial charge in [-0.3, -0.25) is 0 Å². The average Bonchev–Trinajstić information content (AvgIpc) is 3.05. The predicted molar refractivity (Wildman–Crippen MR) is 70.0 cm³/mol. The second kappa shape index (κ2) is 4.68. The van der Waals surface area contributed by atoms with Gasteiger partial charge in [-0.05, 0) is 26.8 Å². The van der Waals surface area contributed by atoms with E-state index < -0.39 is 0 Å². The number of methoxy groups -OCH3 is 1. The summed E-state index contributed by atoms with van der Waals surface area (Å²) in [6.07, 6.45) is -0.227. The average molecular weight is 274 g/mol. The molecule has 0 saturated carbocycles. The first-order chi connectivity index (χ1) is 9.60. The Hall–Kier alpha value is -2.28. The Labute approximate surface area is 114 Å². The number of aromatic nitrogens is 4. The molecule has 0 radical (unpaired) electrons. The van der Waals surface area contributed by atoms with Crippen molar-refractivity contribution in [2.75, 3.05) is 7.11 Å². The molecule has 0 bridgehead atoms. The van der Waals surface area contributed by atoms with Crippen molar-refractivity contribution in [1.29, 1.82) is 0 Å². The van der Waals surface area contributed by atoms with Crippen LogP contribution in [0.15, 0.2) is 15.1 Å². The Morgan fingerprint density at radius 2 is 1.95 bits per heavy atom. The van der Waals surface area contributed by atoms with Crippen LogP contribution in [0.4, 0.5) is 0 Å². The first kappa shape index (κ1) is 12.7. The van der Waals surface area contributed by atoms with Crippen molar-refractivity contribution in [3.8, 4) is 11.5 Å². The number of hydrogen-bond donors (Lipinski definition) is 0. The van der Waals surface area contributed by atoms with Gasteiger partial charge in [0.15, 0.2) is 0 Å². The summed E-state index contributed by atoms with van der Waals surface area (Å²) in [5.41, 5.74) is 2.77. The monoisotopic (exact) mass is 274 g/mol. The third-order valence-corrected chi connectivity index (χ3v) is 3.13. The van der Waals surface area contributed by atoms with Gasteiger partial charge in [-0.2, -0.15) is 4.98 Å². The molecule has 1 atom stereocenters. The van der Waals surface area contributed by atoms with Crippen LogP contribution < -0.4 is 0 Å². The minimum absolute atomic E-state index is 0.227. The first-order valence-corrected chi connectivity index (χ1v) is 6.20. The fourth-order valence-corrected chi connectivity index (χ4v) is 2.00. The van der Waals surface area contributed by atoms with Gasteiger partial charge in [-0.1, -0.05) is 10.3 Å². The predicted octanol–water partition coefficient (Wildman–Crippen LogP) is 2.60. The van der Waals surface area contributed by atoms with Gasteiger partial charge >= 0.3 is 0 Å². The third-order valence-electron chi connectivity index (χ3n) is 3.13. The molecule has 0 saturated heterocycles. The minimum Gasteiger partial charge on any atom is -0.374 e. The van der Waals surface area contributed by atoms with E-state index in [1.54, 1.807) is 7.11 Å². The number of ether oxygens (including phenoxy) is 1. The highest BCUT2D eigenvalue weighted by Crippen LogP contribution is 2.30. The first-order valence-electron chi connectivity index (χ1n) is 6.20. The molecular formula is C13H14N4O3. The topological polar surface area (TPSA) is 87.1 Å². The fraction of sp³-hybridized carbons (Fsp3) is 0.385. The third kappa shape index (κ3) is 1.96. The number of rotatable bonds is 3. The lowest BCUT2D eigenvalue weighted by atomic mass is 10.1. The van der Waals surface area contributed by atoms with Gasteiger partial charge in [0.05, 0.1) is 16.6 Å². The molecule has 3 rings (SSSR count). The maximum atomic E-state index is 5.32. The van der Waals surface area contributed by atoms with Crippen LogP contribution >= 0.6 is 0 Å². The van der Waals surface area contributed by atoms with Crippen LogP contribution in [0.25, 0.3) is 22.6 Å². The molecule has 20 heavy (non-hydrogen) atoms. The molecular weight excluding hydrogens is 260 g/mol. The van der Waals surface area contributed by atoms with Gasteiger partial charge in [0.25, 0.3) is 11.6 Å². The van der Waals surface area contributed by atoms with Crippen molar-refractivity contribution in [2.45, 2.75) is 26.9 Å². The van der Waals surface area contributed by atoms with Crippen molar-refractivity contribution in [3.63, 3.8) is 0 Å². The second-order valence-electron chi connectivity index (χ2n) is 4.59. The molecule has 3 aromatic rings. The molecule has 0 aromatic carbocycles. The van der Waals surface area contributed by atoms with Gasteiger partial charge in [-0.15, -0.1) is 0 Å². The van der Waals surface area contributed by atoms with Gasteiger partial charge < -0.3 is 13.8 Å². The summed E-state index contributed by atoms with van der Waals surface area (Å²) in [7, 11) is 1.60. The molecule has 104 valence electrons. The largest absolute Gasteiger partial charge is 0.374 e. The summed E-state index contributed by atoms with van der Waals surface area (Å²) in [4.78, 5) is 8.66. The van der Waals surface area contributed by atoms with E-state index in [1.807, 2.05) is 26.8 Å². The quantitative estimate of drug-likeness (QED) is 0.725. The van der Waals surface area contributed by atoms with E-state index in [0.717, 1.165) is 22.3 Å². The van der Waals surface area contributed by atoms with Crippen molar-refractivity contribution >= 4 is 11.1 Å². The molecule has 0 N–H and O–H groups in total. The molecule has 7 nitrogen and oxygen atoms in total. The van der Waals surface area contributed by atoms with Crippen LogP contribution in [-0.4, -0.2) is 27.4 Å². The standard InChI is InChI=1S/C13H14N4O3/c1-6-5-9(10-7(2)16-20-13(10)14-6)12-15-11(17-19-12)8(3)18-4/h5,8H,1-4H3/t8-/m0/s1. The maximum absolute atomic E-state index is 5.32. The summed E-state index contributed by atoms with van der Waals surface area (Å²) >= 11 is 0. The lowest BCUT2D eigenvalue weighted by Crippen LogP contribution is -1.97. The summed E-state index contributed by atoms with van der Waals surface area (Å²) in [6.45, 7) is 5.57. The molecule has 0 aliphatic heterocycles. The molecule has 0 fully saturated rings. The van der Waals surface area contributed by atoms with E-state index in [4.69, 9.17) is 13.8 Å². The van der Waals surface area contributed by atoms with Gasteiger partial charge in [0.1, 0.15) is 6.10 Å². The number of pyridine rings is 1. The second-order valence-corrected chi connectivity index (χ2v) is 4.59. The summed E-state index contributed by atoms with van der Waals surface area (Å²) in [5.74, 6) is 0.907. The Bertz CT molecular complexity index is 762. The van der Waals surface area contributed by atoms with Crippen molar-refractivity contribution in [2.24, 2.45) is 0 Å². The molecule has 3 heterocycles. The van der Waals surface area contributed by atoms with Gasteiger partial charge in [-0.25, -0.2) is 4.98 Å². The minimum atomic E-state index is -0.227. The summed E-state index contributed by atoms with van der Waals surface area (Å²) in [6, 6.07) is 1.88. The van der Waals surface area contributed by atoms with Gasteiger partial charge in [0.2, 0.25) is 5.82 Å². The van der Waals surface area contributed by atoms with Gasteiger partial charge in [0, 0.05) is 12.8 Å². The molecule has 0 aliphatic rings. The lowest BCUT2D eigenvalue weighted by molar-refractivity contribution is 0.109. The normalized spacial score (nSPS) is 13.0. The van der Waals surface area contributed by atoms with Crippen molar-refractivity contribution in [1.82, 2.24) is 20.3 Å². The molecule has 3 aromatic heterocycles. The lowest BCUT2D eigenvalue weighted by Gasteiger charge is -2.01. The van der Waals surface area contributed by atoms with Crippen LogP contribution in [0.3, 0.4) is 0 Å². The summed E-state index contributed by atoms with van der Waals surface area (Å²) in [5, 5.41) is 8.65. The zero-order valence-corrected chi connectivity index (χ0v) is 11.7. The van der Waals surface area contributed by atoms with E-state index in [2.05, 4.69) is 20.3 Å². The van der Waals surface area contributed by atoms with E-state index in [0.29, 0.717) is 17.4 Å². The van der Waals surface area contributed by atoms with Crippen LogP contribution in [0.1, 0.15) is 30.2 Å². The Morgan fingerprint density at radius 1 is 1.15 bits per heavy atom. The van der Waals surface area contributed by atoms with E-state index in [1.165, 1.54) is 0 Å². The zero-order chi connectivity index (χ0) is 14.3. The Morgan fingerprint density at radius 3 is 2.70 bits per heavy atom. The SMILES string of the molecule is CO[C@@H](C)c1noc(-c2cc(C)nc3onc(C)c23)n1. The summed E-state index contributed by atoms with van der Waals surface area (Å²) < 4.78 is 15.7. The van der Waals surface area contributed by atoms with E-state index in [9.17, 15) is 0 Å². The van der Waals surface area contributed by atoms with Crippen molar-refractivity contribution in [3.05, 3.63) is 23.3 Å². The molecule has 0 amide bonds. The molecule has 7 heteroatoms. The zero-order valence-electron chi connectivity index (χ0n) is 11.7. The molecule has 0 spiro atoms. The van der Waals surface area contributed by atoms with Crippen molar-refractivity contribution < 1.29 is 13.8 Å². The smallest absolute Gasteiger partial charge is 0.258 e. The van der Waals surface area contributed by atoms with Crippen LogP contribution in [0, 0.1) is 13.8 Å². The fourth-order valence-electron chi connectivity index (χ4n) is 2.00. The Kier molecular flexibility index (Phi) is 2.98. The number of fused-ring (bicyclic) bond motifs is 1. The molecule has 0 unspecified atom stereocenters. The highest BCUT2D eigenvalue weighted by Gasteiger charge is 2.20. The Balaban J connectivity index is 2.18. The number of aryl methyl sites for hydroxylation is 2. The van der Waals surface area contributed by atoms with Crippen LogP contribution in [0.2, 0.25) is 0 Å². The molecule has 0 aliphatic carbocycles. The van der Waals surface area contributed by atoms with E-state index >= 15 is 0 Å². The highest BCUT2D eigenvalue weighted by atomic mass is 16.5. The maximum Gasteiger partial charge on any atom is 0.258 e.